The van der Waals surface area contributed by atoms with Gasteiger partial charge in [-0.05, 0) is 47.3 Å². The molecule has 146 valence electrons. The van der Waals surface area contributed by atoms with Crippen LogP contribution in [0.5, 0.6) is 0 Å². The number of hydrogen-bond acceptors (Lipinski definition) is 5. The van der Waals surface area contributed by atoms with E-state index in [0.29, 0.717) is 12.1 Å². The van der Waals surface area contributed by atoms with E-state index in [4.69, 9.17) is 0 Å². The minimum Gasteiger partial charge on any atom is -0.480 e. The number of nitrogens with zero attached hydrogens (tertiary/aromatic N) is 2. The number of carbonyl (C=O) groups excluding carboxylic acids is 2. The van der Waals surface area contributed by atoms with Crippen molar-refractivity contribution in [1.29, 1.82) is 0 Å². The van der Waals surface area contributed by atoms with Crippen molar-refractivity contribution < 1.29 is 19.5 Å². The van der Waals surface area contributed by atoms with Gasteiger partial charge in [0, 0.05) is 4.47 Å². The highest BCUT2D eigenvalue weighted by atomic mass is 79.9. The molecule has 1 aromatic carbocycles. The molecule has 1 heterocycles. The van der Waals surface area contributed by atoms with Crippen molar-refractivity contribution in [3.63, 3.8) is 0 Å². The zero-order valence-corrected chi connectivity index (χ0v) is 17.0. The number of benzene rings is 1. The van der Waals surface area contributed by atoms with Crippen molar-refractivity contribution >= 4 is 45.4 Å². The van der Waals surface area contributed by atoms with Gasteiger partial charge in [-0.1, -0.05) is 26.0 Å². The highest BCUT2D eigenvalue weighted by Crippen LogP contribution is 2.23. The van der Waals surface area contributed by atoms with Crippen LogP contribution in [0.25, 0.3) is 0 Å². The zero-order chi connectivity index (χ0) is 20.1. The Morgan fingerprint density at radius 3 is 2.56 bits per heavy atom. The van der Waals surface area contributed by atoms with Crippen LogP contribution in [0.3, 0.4) is 0 Å². The number of carboxylic acid groups (broad SMARTS) is 1. The van der Waals surface area contributed by atoms with E-state index in [-0.39, 0.29) is 24.3 Å². The zero-order valence-electron chi connectivity index (χ0n) is 15.4. The van der Waals surface area contributed by atoms with Crippen LogP contribution in [0.1, 0.15) is 27.2 Å². The average molecular weight is 439 g/mol. The maximum Gasteiger partial charge on any atom is 0.326 e. The standard InChI is InChI=1S/C18H23BrN4O4/c1-10(2)8-14(17(26)27)21-16(25)11(3)23-15(24)9-20-18(23)22-13-7-5-4-6-12(13)19/h4-7,10-11,14H,8-9H2,1-3H3,(H,20,22)(H,21,25)(H,26,27)/t11-,14-/m0/s1. The van der Waals surface area contributed by atoms with Crippen LogP contribution in [-0.2, 0) is 14.4 Å². The molecule has 2 amide bonds. The first-order valence-corrected chi connectivity index (χ1v) is 9.41. The van der Waals surface area contributed by atoms with Crippen molar-refractivity contribution in [1.82, 2.24) is 10.2 Å². The summed E-state index contributed by atoms with van der Waals surface area (Å²) in [6.07, 6.45) is 0.303. The maximum absolute atomic E-state index is 12.6. The molecule has 2 atom stereocenters. The molecular weight excluding hydrogens is 416 g/mol. The fourth-order valence-electron chi connectivity index (χ4n) is 2.70. The Hall–Kier alpha value is -2.42. The highest BCUT2D eigenvalue weighted by molar-refractivity contribution is 9.10. The van der Waals surface area contributed by atoms with Crippen molar-refractivity contribution in [2.24, 2.45) is 10.9 Å². The summed E-state index contributed by atoms with van der Waals surface area (Å²) in [6.45, 7) is 5.23. The number of guanidine groups is 1. The van der Waals surface area contributed by atoms with Gasteiger partial charge in [-0.15, -0.1) is 0 Å². The lowest BCUT2D eigenvalue weighted by molar-refractivity contribution is -0.143. The van der Waals surface area contributed by atoms with Crippen LogP contribution in [0.15, 0.2) is 33.7 Å². The second kappa shape index (κ2) is 8.98. The van der Waals surface area contributed by atoms with Gasteiger partial charge in [0.25, 0.3) is 5.91 Å². The number of halogens is 1. The molecule has 0 radical (unpaired) electrons. The Bertz CT molecular complexity index is 765. The van der Waals surface area contributed by atoms with Crippen LogP contribution >= 0.6 is 15.9 Å². The number of anilines is 1. The molecule has 1 aliphatic heterocycles. The molecular formula is C18H23BrN4O4. The van der Waals surface area contributed by atoms with Crippen LogP contribution in [0, 0.1) is 5.92 Å². The number of nitrogens with one attached hydrogen (secondary N) is 2. The molecule has 1 aromatic rings. The molecule has 0 saturated heterocycles. The molecule has 9 heteroatoms. The number of rotatable bonds is 7. The number of carbonyl (C=O) groups is 3. The molecule has 0 aliphatic carbocycles. The van der Waals surface area contributed by atoms with Crippen LogP contribution in [0.4, 0.5) is 5.69 Å². The Labute approximate surface area is 166 Å². The number of aliphatic imine (C=N–C) groups is 1. The van der Waals surface area contributed by atoms with Gasteiger partial charge in [0.1, 0.15) is 18.6 Å². The Balaban J connectivity index is 2.12. The quantitative estimate of drug-likeness (QED) is 0.603. The molecule has 0 spiro atoms. The predicted octanol–water partition coefficient (Wildman–Crippen LogP) is 2.06. The van der Waals surface area contributed by atoms with Gasteiger partial charge in [0.2, 0.25) is 11.9 Å². The smallest absolute Gasteiger partial charge is 0.326 e. The summed E-state index contributed by atoms with van der Waals surface area (Å²) in [4.78, 5) is 41.6. The van der Waals surface area contributed by atoms with Crippen molar-refractivity contribution in [2.45, 2.75) is 39.3 Å². The van der Waals surface area contributed by atoms with E-state index < -0.39 is 24.0 Å². The third kappa shape index (κ3) is 5.29. The van der Waals surface area contributed by atoms with Gasteiger partial charge in [-0.3, -0.25) is 14.5 Å². The number of aliphatic carboxylic acids is 1. The first-order valence-electron chi connectivity index (χ1n) is 8.62. The fraction of sp³-hybridized carbons (Fsp3) is 0.444. The fourth-order valence-corrected chi connectivity index (χ4v) is 3.08. The third-order valence-corrected chi connectivity index (χ3v) is 4.76. The van der Waals surface area contributed by atoms with E-state index in [1.165, 1.54) is 4.90 Å². The number of carboxylic acids is 1. The van der Waals surface area contributed by atoms with E-state index in [1.807, 2.05) is 32.0 Å². The first kappa shape index (κ1) is 20.9. The Morgan fingerprint density at radius 1 is 1.30 bits per heavy atom. The highest BCUT2D eigenvalue weighted by Gasteiger charge is 2.35. The molecule has 3 N–H and O–H groups in total. The second-order valence-corrected chi connectivity index (χ2v) is 7.57. The lowest BCUT2D eigenvalue weighted by atomic mass is 10.0. The number of amides is 2. The minimum absolute atomic E-state index is 0.0707. The van der Waals surface area contributed by atoms with Crippen LogP contribution < -0.4 is 10.6 Å². The third-order valence-electron chi connectivity index (χ3n) is 4.07. The molecule has 27 heavy (non-hydrogen) atoms. The molecule has 1 aliphatic rings. The van der Waals surface area contributed by atoms with E-state index in [2.05, 4.69) is 31.6 Å². The second-order valence-electron chi connectivity index (χ2n) is 6.71. The lowest BCUT2D eigenvalue weighted by Crippen LogP contribution is -2.54. The summed E-state index contributed by atoms with van der Waals surface area (Å²) in [7, 11) is 0. The summed E-state index contributed by atoms with van der Waals surface area (Å²) in [5, 5.41) is 14.9. The van der Waals surface area contributed by atoms with Gasteiger partial charge in [-0.25, -0.2) is 9.79 Å². The Morgan fingerprint density at radius 2 is 1.96 bits per heavy atom. The largest absolute Gasteiger partial charge is 0.480 e. The van der Waals surface area contributed by atoms with Crippen LogP contribution in [-0.4, -0.2) is 52.4 Å². The summed E-state index contributed by atoms with van der Waals surface area (Å²) in [5.74, 6) is -1.62. The van der Waals surface area contributed by atoms with E-state index in [9.17, 15) is 19.5 Å². The predicted molar refractivity (Wildman–Crippen MR) is 105 cm³/mol. The normalized spacial score (nSPS) is 16.1. The summed E-state index contributed by atoms with van der Waals surface area (Å²) >= 11 is 3.41. The molecule has 0 unspecified atom stereocenters. The van der Waals surface area contributed by atoms with Gasteiger partial charge < -0.3 is 15.7 Å². The van der Waals surface area contributed by atoms with Crippen LogP contribution in [0.2, 0.25) is 0 Å². The van der Waals surface area contributed by atoms with E-state index in [1.54, 1.807) is 13.0 Å². The lowest BCUT2D eigenvalue weighted by Gasteiger charge is -2.27. The average Bonchev–Trinajstić information content (AvgIpc) is 2.95. The molecule has 0 aromatic heterocycles. The topological polar surface area (TPSA) is 111 Å². The minimum atomic E-state index is -1.10. The molecule has 8 nitrogen and oxygen atoms in total. The Kier molecular flexibility index (Phi) is 6.95. The summed E-state index contributed by atoms with van der Waals surface area (Å²) < 4.78 is 0.784. The van der Waals surface area contributed by atoms with Gasteiger partial charge >= 0.3 is 5.97 Å². The van der Waals surface area contributed by atoms with Gasteiger partial charge in [-0.2, -0.15) is 0 Å². The monoisotopic (exact) mass is 438 g/mol. The molecule has 2 rings (SSSR count). The number of para-hydroxylation sites is 1. The first-order chi connectivity index (χ1) is 12.7. The van der Waals surface area contributed by atoms with Gasteiger partial charge in [0.15, 0.2) is 0 Å². The van der Waals surface area contributed by atoms with E-state index in [0.717, 1.165) is 4.47 Å². The van der Waals surface area contributed by atoms with E-state index >= 15 is 0 Å². The van der Waals surface area contributed by atoms with Gasteiger partial charge in [0.05, 0.1) is 5.69 Å². The maximum atomic E-state index is 12.6. The molecule has 0 fully saturated rings. The SMILES string of the molecule is CC(C)C[C@H](NC(=O)[C@H](C)N1C(=O)CN=C1Nc1ccccc1Br)C(=O)O. The summed E-state index contributed by atoms with van der Waals surface area (Å²) in [6, 6.07) is 5.42. The molecule has 0 saturated carbocycles. The molecule has 0 bridgehead atoms. The van der Waals surface area contributed by atoms with Crippen molar-refractivity contribution in [3.05, 3.63) is 28.7 Å². The van der Waals surface area contributed by atoms with Crippen molar-refractivity contribution in [2.75, 3.05) is 11.9 Å². The summed E-state index contributed by atoms with van der Waals surface area (Å²) in [5.41, 5.74) is 0.701. The number of hydrogen-bond donors (Lipinski definition) is 3. The van der Waals surface area contributed by atoms with Crippen molar-refractivity contribution in [3.8, 4) is 0 Å².